The van der Waals surface area contributed by atoms with Gasteiger partial charge in [-0.25, -0.2) is 0 Å². The normalized spacial score (nSPS) is 11.2. The zero-order valence-corrected chi connectivity index (χ0v) is 9.74. The number of hydrogen-bond donors (Lipinski definition) is 2. The second-order valence-corrected chi connectivity index (χ2v) is 4.22. The van der Waals surface area contributed by atoms with Crippen molar-refractivity contribution in [1.82, 2.24) is 9.88 Å². The second kappa shape index (κ2) is 6.64. The Morgan fingerprint density at radius 1 is 1.40 bits per heavy atom. The van der Waals surface area contributed by atoms with Crippen LogP contribution in [0.4, 0.5) is 0 Å². The van der Waals surface area contributed by atoms with Crippen LogP contribution >= 0.6 is 0 Å². The predicted molar refractivity (Wildman–Crippen MR) is 62.7 cm³/mol. The van der Waals surface area contributed by atoms with Crippen molar-refractivity contribution in [2.75, 3.05) is 6.61 Å². The molecule has 2 N–H and O–H groups in total. The predicted octanol–water partition coefficient (Wildman–Crippen LogP) is 1.76. The van der Waals surface area contributed by atoms with E-state index in [1.807, 2.05) is 0 Å². The maximum Gasteiger partial charge on any atom is 0.0431 e. The van der Waals surface area contributed by atoms with Gasteiger partial charge in [-0.15, -0.1) is 0 Å². The molecule has 0 amide bonds. The Kier molecular flexibility index (Phi) is 5.43. The third-order valence-corrected chi connectivity index (χ3v) is 2.35. The van der Waals surface area contributed by atoms with E-state index in [9.17, 15) is 0 Å². The van der Waals surface area contributed by atoms with Gasteiger partial charge in [0, 0.05) is 38.1 Å². The molecule has 0 spiro atoms. The van der Waals surface area contributed by atoms with Gasteiger partial charge in [0.2, 0.25) is 0 Å². The first-order valence-corrected chi connectivity index (χ1v) is 5.71. The third kappa shape index (κ3) is 5.00. The van der Waals surface area contributed by atoms with E-state index < -0.39 is 0 Å². The first-order chi connectivity index (χ1) is 7.22. The fourth-order valence-electron chi connectivity index (χ4n) is 1.46. The average molecular weight is 210 g/mol. The molecule has 0 fully saturated rings. The average Bonchev–Trinajstić information content (AvgIpc) is 2.63. The summed E-state index contributed by atoms with van der Waals surface area (Å²) in [5.41, 5.74) is 1.33. The SMILES string of the molecule is CC(C)NCc1ccn(CCCCO)c1. The summed E-state index contributed by atoms with van der Waals surface area (Å²) in [6.07, 6.45) is 6.21. The quantitative estimate of drug-likeness (QED) is 0.673. The van der Waals surface area contributed by atoms with Crippen LogP contribution < -0.4 is 5.32 Å². The second-order valence-electron chi connectivity index (χ2n) is 4.22. The number of hydrogen-bond acceptors (Lipinski definition) is 2. The Morgan fingerprint density at radius 2 is 2.20 bits per heavy atom. The number of aryl methyl sites for hydroxylation is 1. The van der Waals surface area contributed by atoms with Gasteiger partial charge in [0.25, 0.3) is 0 Å². The molecule has 0 unspecified atom stereocenters. The molecule has 0 atom stereocenters. The van der Waals surface area contributed by atoms with Crippen molar-refractivity contribution >= 4 is 0 Å². The highest BCUT2D eigenvalue weighted by atomic mass is 16.2. The van der Waals surface area contributed by atoms with Crippen LogP contribution in [-0.4, -0.2) is 22.3 Å². The van der Waals surface area contributed by atoms with E-state index in [-0.39, 0.29) is 0 Å². The zero-order valence-electron chi connectivity index (χ0n) is 9.74. The zero-order chi connectivity index (χ0) is 11.1. The maximum absolute atomic E-state index is 8.68. The van der Waals surface area contributed by atoms with Crippen LogP contribution in [-0.2, 0) is 13.1 Å². The summed E-state index contributed by atoms with van der Waals surface area (Å²) < 4.78 is 2.19. The molecule has 3 heteroatoms. The molecule has 1 aromatic heterocycles. The molecule has 86 valence electrons. The maximum atomic E-state index is 8.68. The van der Waals surface area contributed by atoms with Crippen molar-refractivity contribution in [2.24, 2.45) is 0 Å². The summed E-state index contributed by atoms with van der Waals surface area (Å²) in [7, 11) is 0. The molecule has 3 nitrogen and oxygen atoms in total. The highest BCUT2D eigenvalue weighted by molar-refractivity contribution is 5.09. The van der Waals surface area contributed by atoms with Crippen LogP contribution in [0.1, 0.15) is 32.3 Å². The van der Waals surface area contributed by atoms with E-state index in [1.54, 1.807) is 0 Å². The van der Waals surface area contributed by atoms with Crippen LogP contribution in [0.2, 0.25) is 0 Å². The molecule has 0 aliphatic heterocycles. The van der Waals surface area contributed by atoms with Crippen molar-refractivity contribution in [2.45, 2.75) is 45.8 Å². The summed E-state index contributed by atoms with van der Waals surface area (Å²) in [6.45, 7) is 6.53. The van der Waals surface area contributed by atoms with Crippen molar-refractivity contribution in [3.63, 3.8) is 0 Å². The van der Waals surface area contributed by atoms with Crippen LogP contribution in [0.25, 0.3) is 0 Å². The van der Waals surface area contributed by atoms with Gasteiger partial charge >= 0.3 is 0 Å². The topological polar surface area (TPSA) is 37.2 Å². The summed E-state index contributed by atoms with van der Waals surface area (Å²) in [6, 6.07) is 2.68. The van der Waals surface area contributed by atoms with Gasteiger partial charge in [-0.1, -0.05) is 13.8 Å². The summed E-state index contributed by atoms with van der Waals surface area (Å²) in [5.74, 6) is 0. The minimum absolute atomic E-state index is 0.295. The molecular weight excluding hydrogens is 188 g/mol. The van der Waals surface area contributed by atoms with Crippen molar-refractivity contribution in [3.8, 4) is 0 Å². The Bertz CT molecular complexity index is 268. The minimum Gasteiger partial charge on any atom is -0.396 e. The van der Waals surface area contributed by atoms with E-state index in [0.29, 0.717) is 12.6 Å². The van der Waals surface area contributed by atoms with Crippen LogP contribution in [0.15, 0.2) is 18.5 Å². The summed E-state index contributed by atoms with van der Waals surface area (Å²) in [4.78, 5) is 0. The molecule has 0 saturated heterocycles. The van der Waals surface area contributed by atoms with Gasteiger partial charge < -0.3 is 15.0 Å². The number of rotatable bonds is 7. The van der Waals surface area contributed by atoms with E-state index in [0.717, 1.165) is 25.9 Å². The molecule has 1 rings (SSSR count). The lowest BCUT2D eigenvalue weighted by Crippen LogP contribution is -2.21. The number of nitrogens with zero attached hydrogens (tertiary/aromatic N) is 1. The molecule has 0 aliphatic rings. The van der Waals surface area contributed by atoms with Crippen LogP contribution in [0.3, 0.4) is 0 Å². The van der Waals surface area contributed by atoms with Crippen molar-refractivity contribution in [1.29, 1.82) is 0 Å². The Labute approximate surface area is 92.1 Å². The third-order valence-electron chi connectivity index (χ3n) is 2.35. The molecule has 1 heterocycles. The number of aromatic nitrogens is 1. The highest BCUT2D eigenvalue weighted by Gasteiger charge is 1.98. The fraction of sp³-hybridized carbons (Fsp3) is 0.667. The van der Waals surface area contributed by atoms with Gasteiger partial charge in [-0.3, -0.25) is 0 Å². The number of unbranched alkanes of at least 4 members (excludes halogenated alkanes) is 1. The molecule has 0 saturated carbocycles. The number of nitrogens with one attached hydrogen (secondary N) is 1. The molecule has 1 aromatic rings. The number of aliphatic hydroxyl groups excluding tert-OH is 1. The standard InChI is InChI=1S/C12H22N2O/c1-11(2)13-9-12-5-7-14(10-12)6-3-4-8-15/h5,7,10-11,13,15H,3-4,6,8-9H2,1-2H3. The number of aliphatic hydroxyl groups is 1. The lowest BCUT2D eigenvalue weighted by atomic mass is 10.3. The van der Waals surface area contributed by atoms with Crippen molar-refractivity contribution in [3.05, 3.63) is 24.0 Å². The van der Waals surface area contributed by atoms with E-state index in [2.05, 4.69) is 42.2 Å². The first-order valence-electron chi connectivity index (χ1n) is 5.71. The molecular formula is C12H22N2O. The summed E-state index contributed by atoms with van der Waals surface area (Å²) >= 11 is 0. The van der Waals surface area contributed by atoms with Gasteiger partial charge in [0.15, 0.2) is 0 Å². The van der Waals surface area contributed by atoms with Gasteiger partial charge in [0.05, 0.1) is 0 Å². The van der Waals surface area contributed by atoms with Crippen LogP contribution in [0, 0.1) is 0 Å². The van der Waals surface area contributed by atoms with Gasteiger partial charge in [-0.2, -0.15) is 0 Å². The fourth-order valence-corrected chi connectivity index (χ4v) is 1.46. The van der Waals surface area contributed by atoms with Crippen LogP contribution in [0.5, 0.6) is 0 Å². The Hall–Kier alpha value is -0.800. The molecule has 0 bridgehead atoms. The van der Waals surface area contributed by atoms with E-state index in [1.165, 1.54) is 5.56 Å². The van der Waals surface area contributed by atoms with Gasteiger partial charge in [-0.05, 0) is 24.5 Å². The lowest BCUT2D eigenvalue weighted by molar-refractivity contribution is 0.281. The lowest BCUT2D eigenvalue weighted by Gasteiger charge is -2.06. The first kappa shape index (κ1) is 12.3. The Balaban J connectivity index is 2.29. The minimum atomic E-state index is 0.295. The Morgan fingerprint density at radius 3 is 2.87 bits per heavy atom. The molecule has 0 radical (unpaired) electrons. The monoisotopic (exact) mass is 210 g/mol. The molecule has 0 aliphatic carbocycles. The molecule has 0 aromatic carbocycles. The van der Waals surface area contributed by atoms with E-state index >= 15 is 0 Å². The smallest absolute Gasteiger partial charge is 0.0431 e. The van der Waals surface area contributed by atoms with E-state index in [4.69, 9.17) is 5.11 Å². The highest BCUT2D eigenvalue weighted by Crippen LogP contribution is 2.03. The van der Waals surface area contributed by atoms with Gasteiger partial charge in [0.1, 0.15) is 0 Å². The summed E-state index contributed by atoms with van der Waals surface area (Å²) in [5, 5.41) is 12.1. The molecule has 15 heavy (non-hydrogen) atoms. The van der Waals surface area contributed by atoms with Crippen molar-refractivity contribution < 1.29 is 5.11 Å². The largest absolute Gasteiger partial charge is 0.396 e.